The highest BCUT2D eigenvalue weighted by Gasteiger charge is 2.34. The molecule has 2 atom stereocenters. The average Bonchev–Trinajstić information content (AvgIpc) is 2.94. The minimum absolute atomic E-state index is 0.227. The fourth-order valence-electron chi connectivity index (χ4n) is 2.19. The number of ether oxygens (including phenoxy) is 1. The zero-order valence-electron chi connectivity index (χ0n) is 12.9. The Kier molecular flexibility index (Phi) is 4.81. The molecule has 22 heavy (non-hydrogen) atoms. The minimum Gasteiger partial charge on any atom is -0.444 e. The third kappa shape index (κ3) is 3.83. The fraction of sp³-hybridized carbons (Fsp3) is 0.533. The van der Waals surface area contributed by atoms with Gasteiger partial charge in [-0.25, -0.2) is 9.78 Å². The van der Waals surface area contributed by atoms with E-state index in [2.05, 4.69) is 4.98 Å². The molecule has 0 bridgehead atoms. The lowest BCUT2D eigenvalue weighted by molar-refractivity contribution is 0.0295. The topological polar surface area (TPSA) is 83.3 Å². The highest BCUT2D eigenvalue weighted by molar-refractivity contribution is 7.85. The summed E-state index contributed by atoms with van der Waals surface area (Å²) < 4.78 is 17.9. The molecule has 2 rings (SSSR count). The van der Waals surface area contributed by atoms with Crippen molar-refractivity contribution < 1.29 is 13.7 Å². The second-order valence-corrected chi connectivity index (χ2v) is 7.75. The van der Waals surface area contributed by atoms with E-state index in [0.29, 0.717) is 30.1 Å². The third-order valence-corrected chi connectivity index (χ3v) is 4.88. The molecule has 0 aliphatic carbocycles. The first-order valence-electron chi connectivity index (χ1n) is 7.05. The zero-order valence-corrected chi connectivity index (χ0v) is 13.7. The van der Waals surface area contributed by atoms with Crippen molar-refractivity contribution in [2.75, 3.05) is 13.1 Å². The summed E-state index contributed by atoms with van der Waals surface area (Å²) in [4.78, 5) is 17.6. The van der Waals surface area contributed by atoms with Crippen molar-refractivity contribution in [1.82, 2.24) is 9.88 Å². The molecule has 2 heterocycles. The van der Waals surface area contributed by atoms with Gasteiger partial charge in [-0.1, -0.05) is 0 Å². The lowest BCUT2D eigenvalue weighted by Gasteiger charge is -2.24. The van der Waals surface area contributed by atoms with Crippen LogP contribution in [0.3, 0.4) is 0 Å². The summed E-state index contributed by atoms with van der Waals surface area (Å²) in [5, 5.41) is 9.13. The number of amides is 1. The van der Waals surface area contributed by atoms with Gasteiger partial charge in [-0.05, 0) is 39.3 Å². The van der Waals surface area contributed by atoms with Gasteiger partial charge in [0.25, 0.3) is 0 Å². The number of nitrogens with zero attached hydrogens (tertiary/aromatic N) is 3. The zero-order chi connectivity index (χ0) is 16.3. The first kappa shape index (κ1) is 16.4. The van der Waals surface area contributed by atoms with Crippen molar-refractivity contribution in [3.8, 4) is 6.07 Å². The van der Waals surface area contributed by atoms with Crippen LogP contribution in [0.25, 0.3) is 0 Å². The summed E-state index contributed by atoms with van der Waals surface area (Å²) >= 11 is 0. The van der Waals surface area contributed by atoms with Crippen molar-refractivity contribution in [3.63, 3.8) is 0 Å². The normalized spacial score (nSPS) is 19.5. The van der Waals surface area contributed by atoms with Gasteiger partial charge in [0.15, 0.2) is 0 Å². The SMILES string of the molecule is CC(C)(C)OC(=O)N1CCC(S(=O)c2ncccc2C#N)C1. The Hall–Kier alpha value is -1.94. The maximum atomic E-state index is 12.6. The predicted molar refractivity (Wildman–Crippen MR) is 81.6 cm³/mol. The molecule has 1 amide bonds. The van der Waals surface area contributed by atoms with Gasteiger partial charge in [-0.3, -0.25) is 4.21 Å². The van der Waals surface area contributed by atoms with Crippen LogP contribution in [-0.4, -0.2) is 44.1 Å². The molecular formula is C15H19N3O3S. The molecule has 1 aliphatic heterocycles. The minimum atomic E-state index is -1.41. The second kappa shape index (κ2) is 6.44. The molecule has 1 aromatic heterocycles. The fourth-order valence-corrected chi connectivity index (χ4v) is 3.64. The number of likely N-dealkylation sites (tertiary alicyclic amines) is 1. The highest BCUT2D eigenvalue weighted by Crippen LogP contribution is 2.22. The molecule has 7 heteroatoms. The number of carbonyl (C=O) groups is 1. The Balaban J connectivity index is 2.06. The van der Waals surface area contributed by atoms with Gasteiger partial charge in [0.1, 0.15) is 16.7 Å². The van der Waals surface area contributed by atoms with E-state index in [0.717, 1.165) is 0 Å². The molecule has 0 N–H and O–H groups in total. The van der Waals surface area contributed by atoms with Crippen molar-refractivity contribution in [2.24, 2.45) is 0 Å². The Bertz CT molecular complexity index is 634. The van der Waals surface area contributed by atoms with Crippen LogP contribution in [0.15, 0.2) is 23.4 Å². The van der Waals surface area contributed by atoms with Gasteiger partial charge in [0.05, 0.1) is 21.6 Å². The van der Waals surface area contributed by atoms with E-state index in [-0.39, 0.29) is 5.25 Å². The van der Waals surface area contributed by atoms with Gasteiger partial charge in [0.2, 0.25) is 0 Å². The van der Waals surface area contributed by atoms with Gasteiger partial charge in [-0.15, -0.1) is 0 Å². The maximum Gasteiger partial charge on any atom is 0.410 e. The van der Waals surface area contributed by atoms with Crippen molar-refractivity contribution >= 4 is 16.9 Å². The van der Waals surface area contributed by atoms with Crippen molar-refractivity contribution in [1.29, 1.82) is 5.26 Å². The molecule has 6 nitrogen and oxygen atoms in total. The Morgan fingerprint density at radius 2 is 2.27 bits per heavy atom. The number of hydrogen-bond donors (Lipinski definition) is 0. The second-order valence-electron chi connectivity index (χ2n) is 6.10. The maximum absolute atomic E-state index is 12.6. The number of rotatable bonds is 2. The quantitative estimate of drug-likeness (QED) is 0.832. The summed E-state index contributed by atoms with van der Waals surface area (Å²) in [5.41, 5.74) is -0.236. The molecule has 1 saturated heterocycles. The van der Waals surface area contributed by atoms with Gasteiger partial charge >= 0.3 is 6.09 Å². The number of hydrogen-bond acceptors (Lipinski definition) is 5. The molecule has 1 aromatic rings. The van der Waals surface area contributed by atoms with Crippen LogP contribution in [0.5, 0.6) is 0 Å². The van der Waals surface area contributed by atoms with Crippen LogP contribution in [0, 0.1) is 11.3 Å². The lowest BCUT2D eigenvalue weighted by atomic mass is 10.2. The Morgan fingerprint density at radius 3 is 2.91 bits per heavy atom. The van der Waals surface area contributed by atoms with E-state index in [1.165, 1.54) is 6.20 Å². The first-order valence-corrected chi connectivity index (χ1v) is 8.27. The van der Waals surface area contributed by atoms with Gasteiger partial charge in [0, 0.05) is 19.3 Å². The Morgan fingerprint density at radius 1 is 1.55 bits per heavy atom. The lowest BCUT2D eigenvalue weighted by Crippen LogP contribution is -2.36. The molecule has 0 spiro atoms. The summed E-state index contributed by atoms with van der Waals surface area (Å²) in [6.45, 7) is 6.28. The van der Waals surface area contributed by atoms with E-state index in [4.69, 9.17) is 10.00 Å². The first-order chi connectivity index (χ1) is 10.3. The van der Waals surface area contributed by atoms with Crippen LogP contribution in [-0.2, 0) is 15.5 Å². The molecular weight excluding hydrogens is 302 g/mol. The van der Waals surface area contributed by atoms with Crippen LogP contribution in [0.2, 0.25) is 0 Å². The van der Waals surface area contributed by atoms with E-state index < -0.39 is 22.5 Å². The number of nitriles is 1. The van der Waals surface area contributed by atoms with Crippen molar-refractivity contribution in [2.45, 2.75) is 43.1 Å². The third-order valence-electron chi connectivity index (χ3n) is 3.18. The number of pyridine rings is 1. The Labute approximate surface area is 132 Å². The molecule has 2 unspecified atom stereocenters. The van der Waals surface area contributed by atoms with Crippen LogP contribution < -0.4 is 0 Å². The molecule has 1 fully saturated rings. The van der Waals surface area contributed by atoms with E-state index in [1.54, 1.807) is 17.0 Å². The number of aromatic nitrogens is 1. The van der Waals surface area contributed by atoms with Crippen molar-refractivity contribution in [3.05, 3.63) is 23.9 Å². The van der Waals surface area contributed by atoms with E-state index >= 15 is 0 Å². The summed E-state index contributed by atoms with van der Waals surface area (Å²) in [7, 11) is -1.41. The molecule has 0 radical (unpaired) electrons. The van der Waals surface area contributed by atoms with Crippen LogP contribution >= 0.6 is 0 Å². The van der Waals surface area contributed by atoms with Gasteiger partial charge in [-0.2, -0.15) is 5.26 Å². The van der Waals surface area contributed by atoms with E-state index in [9.17, 15) is 9.00 Å². The summed E-state index contributed by atoms with van der Waals surface area (Å²) in [6.07, 6.45) is 1.73. The largest absolute Gasteiger partial charge is 0.444 e. The van der Waals surface area contributed by atoms with E-state index in [1.807, 2.05) is 26.8 Å². The monoisotopic (exact) mass is 321 g/mol. The molecule has 0 saturated carbocycles. The number of carbonyl (C=O) groups excluding carboxylic acids is 1. The predicted octanol–water partition coefficient (Wildman–Crippen LogP) is 2.07. The van der Waals surface area contributed by atoms with Crippen LogP contribution in [0.4, 0.5) is 4.79 Å². The highest BCUT2D eigenvalue weighted by atomic mass is 32.2. The standard InChI is InChI=1S/C15H19N3O3S/c1-15(2,3)21-14(19)18-8-6-12(10-18)22(20)13-11(9-16)5-4-7-17-13/h4-5,7,12H,6,8,10H2,1-3H3. The van der Waals surface area contributed by atoms with Crippen LogP contribution in [0.1, 0.15) is 32.8 Å². The summed E-state index contributed by atoms with van der Waals surface area (Å²) in [6, 6.07) is 5.24. The molecule has 118 valence electrons. The smallest absolute Gasteiger partial charge is 0.410 e. The molecule has 0 aromatic carbocycles. The molecule has 1 aliphatic rings. The average molecular weight is 321 g/mol. The van der Waals surface area contributed by atoms with Gasteiger partial charge < -0.3 is 9.64 Å². The summed E-state index contributed by atoms with van der Waals surface area (Å²) in [5.74, 6) is 0.